The molecule has 0 amide bonds. The lowest BCUT2D eigenvalue weighted by atomic mass is 10.2. The molecule has 2 nitrogen and oxygen atoms in total. The van der Waals surface area contributed by atoms with Crippen LogP contribution in [0.4, 0.5) is 0 Å². The Morgan fingerprint density at radius 3 is 2.86 bits per heavy atom. The van der Waals surface area contributed by atoms with Crippen LogP contribution in [-0.2, 0) is 4.74 Å². The Morgan fingerprint density at radius 1 is 1.71 bits per heavy atom. The molecule has 0 aliphatic carbocycles. The number of nitrogens with zero attached hydrogens (tertiary/aromatic N) is 1. The summed E-state index contributed by atoms with van der Waals surface area (Å²) in [6.45, 7) is 1.43. The van der Waals surface area contributed by atoms with Crippen LogP contribution in [-0.4, -0.2) is 13.2 Å². The van der Waals surface area contributed by atoms with Crippen LogP contribution < -0.4 is 0 Å². The molecule has 0 radical (unpaired) electrons. The highest BCUT2D eigenvalue weighted by Crippen LogP contribution is 2.09. The quantitative estimate of drug-likeness (QED) is 0.442. The van der Waals surface area contributed by atoms with Gasteiger partial charge in [-0.3, -0.25) is 0 Å². The summed E-state index contributed by atoms with van der Waals surface area (Å²) in [5.41, 5.74) is 0. The van der Waals surface area contributed by atoms with E-state index < -0.39 is 0 Å². The van der Waals surface area contributed by atoms with E-state index in [9.17, 15) is 0 Å². The summed E-state index contributed by atoms with van der Waals surface area (Å²) in [5, 5.41) is 8.24. The van der Waals surface area contributed by atoms with E-state index in [0.717, 1.165) is 13.0 Å². The van der Waals surface area contributed by atoms with Gasteiger partial charge in [0, 0.05) is 6.61 Å². The van der Waals surface area contributed by atoms with Gasteiger partial charge < -0.3 is 4.74 Å². The van der Waals surface area contributed by atoms with Crippen molar-refractivity contribution in [1.82, 2.24) is 0 Å². The van der Waals surface area contributed by atoms with Gasteiger partial charge in [-0.1, -0.05) is 0 Å². The highest BCUT2D eigenvalue weighted by Gasteiger charge is 2.12. The summed E-state index contributed by atoms with van der Waals surface area (Å²) in [6.07, 6.45) is 0.927. The topological polar surface area (TPSA) is 33.0 Å². The Balaban J connectivity index is 2.31. The summed E-state index contributed by atoms with van der Waals surface area (Å²) in [4.78, 5) is 0. The van der Waals surface area contributed by atoms with Crippen molar-refractivity contribution in [3.63, 3.8) is 0 Å². The first-order chi connectivity index (χ1) is 3.43. The second-order valence-electron chi connectivity index (χ2n) is 1.69. The Kier molecular flexibility index (Phi) is 1.28. The highest BCUT2D eigenvalue weighted by atomic mass is 16.5. The number of rotatable bonds is 0. The Labute approximate surface area is 42.7 Å². The predicted molar refractivity (Wildman–Crippen MR) is 24.5 cm³/mol. The average molecular weight is 97.1 g/mol. The molecule has 1 atom stereocenters. The van der Waals surface area contributed by atoms with Crippen molar-refractivity contribution in [2.24, 2.45) is 5.92 Å². The summed E-state index contributed by atoms with van der Waals surface area (Å²) in [7, 11) is 0. The molecule has 1 rings (SSSR count). The first kappa shape index (κ1) is 4.61. The molecule has 0 aromatic rings. The van der Waals surface area contributed by atoms with Crippen LogP contribution in [0, 0.1) is 17.2 Å². The van der Waals surface area contributed by atoms with Crippen molar-refractivity contribution in [1.29, 1.82) is 5.26 Å². The molecular formula is C5H7NO. The molecule has 38 valence electrons. The molecule has 0 aromatic heterocycles. The zero-order valence-corrected chi connectivity index (χ0v) is 4.05. The van der Waals surface area contributed by atoms with Crippen molar-refractivity contribution >= 4 is 0 Å². The van der Waals surface area contributed by atoms with Crippen LogP contribution >= 0.6 is 0 Å². The maximum absolute atomic E-state index is 8.24. The fraction of sp³-hybridized carbons (Fsp3) is 0.800. The van der Waals surface area contributed by atoms with Gasteiger partial charge >= 0.3 is 0 Å². The Bertz CT molecular complexity index is 88.7. The van der Waals surface area contributed by atoms with Gasteiger partial charge in [-0.15, -0.1) is 0 Å². The second kappa shape index (κ2) is 1.94. The molecule has 2 heteroatoms. The monoisotopic (exact) mass is 97.1 g/mol. The molecule has 0 saturated carbocycles. The molecule has 0 N–H and O–H groups in total. The van der Waals surface area contributed by atoms with Gasteiger partial charge in [-0.25, -0.2) is 0 Å². The van der Waals surface area contributed by atoms with E-state index in [0.29, 0.717) is 6.61 Å². The van der Waals surface area contributed by atoms with Crippen molar-refractivity contribution < 1.29 is 4.74 Å². The SMILES string of the molecule is N#CC1CCOC1. The number of ether oxygens (including phenoxy) is 1. The summed E-state index contributed by atoms with van der Waals surface area (Å²) >= 11 is 0. The van der Waals surface area contributed by atoms with E-state index in [1.54, 1.807) is 0 Å². The van der Waals surface area contributed by atoms with E-state index >= 15 is 0 Å². The fourth-order valence-electron chi connectivity index (χ4n) is 0.636. The minimum atomic E-state index is 0.181. The van der Waals surface area contributed by atoms with Crippen molar-refractivity contribution in [3.8, 4) is 6.07 Å². The first-order valence-corrected chi connectivity index (χ1v) is 2.41. The van der Waals surface area contributed by atoms with E-state index in [4.69, 9.17) is 10.00 Å². The third-order valence-electron chi connectivity index (χ3n) is 1.11. The van der Waals surface area contributed by atoms with Gasteiger partial charge in [0.1, 0.15) is 0 Å². The third kappa shape index (κ3) is 0.908. The lowest BCUT2D eigenvalue weighted by Gasteiger charge is -1.86. The van der Waals surface area contributed by atoms with E-state index in [1.165, 1.54) is 0 Å². The van der Waals surface area contributed by atoms with E-state index in [-0.39, 0.29) is 5.92 Å². The van der Waals surface area contributed by atoms with Crippen LogP contribution in [0.2, 0.25) is 0 Å². The largest absolute Gasteiger partial charge is 0.380 e. The van der Waals surface area contributed by atoms with Crippen LogP contribution in [0.1, 0.15) is 6.42 Å². The molecule has 0 spiro atoms. The number of hydrogen-bond donors (Lipinski definition) is 0. The van der Waals surface area contributed by atoms with Crippen LogP contribution in [0.5, 0.6) is 0 Å². The van der Waals surface area contributed by atoms with Crippen LogP contribution in [0.15, 0.2) is 0 Å². The minimum absolute atomic E-state index is 0.181. The molecular weight excluding hydrogens is 90.1 g/mol. The van der Waals surface area contributed by atoms with Crippen LogP contribution in [0.3, 0.4) is 0 Å². The molecule has 1 fully saturated rings. The maximum atomic E-state index is 8.24. The number of hydrogen-bond acceptors (Lipinski definition) is 2. The molecule has 1 heterocycles. The lowest BCUT2D eigenvalue weighted by molar-refractivity contribution is 0.192. The van der Waals surface area contributed by atoms with Gasteiger partial charge in [0.25, 0.3) is 0 Å². The van der Waals surface area contributed by atoms with E-state index in [1.807, 2.05) is 0 Å². The Hall–Kier alpha value is -0.550. The molecule has 1 aliphatic rings. The standard InChI is InChI=1S/C5H7NO/c6-3-5-1-2-7-4-5/h5H,1-2,4H2. The molecule has 1 aliphatic heterocycles. The van der Waals surface area contributed by atoms with Gasteiger partial charge in [-0.2, -0.15) is 5.26 Å². The third-order valence-corrected chi connectivity index (χ3v) is 1.11. The minimum Gasteiger partial charge on any atom is -0.380 e. The van der Waals surface area contributed by atoms with Gasteiger partial charge in [-0.05, 0) is 6.42 Å². The zero-order valence-electron chi connectivity index (χ0n) is 4.05. The molecule has 1 saturated heterocycles. The highest BCUT2D eigenvalue weighted by molar-refractivity contribution is 4.84. The molecule has 1 unspecified atom stereocenters. The van der Waals surface area contributed by atoms with Crippen molar-refractivity contribution in [3.05, 3.63) is 0 Å². The molecule has 7 heavy (non-hydrogen) atoms. The average Bonchev–Trinajstić information content (AvgIpc) is 2.14. The van der Waals surface area contributed by atoms with Crippen molar-refractivity contribution in [2.45, 2.75) is 6.42 Å². The van der Waals surface area contributed by atoms with E-state index in [2.05, 4.69) is 6.07 Å². The van der Waals surface area contributed by atoms with Crippen LogP contribution in [0.25, 0.3) is 0 Å². The summed E-state index contributed by atoms with van der Waals surface area (Å²) in [6, 6.07) is 2.14. The van der Waals surface area contributed by atoms with Gasteiger partial charge in [0.15, 0.2) is 0 Å². The summed E-state index contributed by atoms with van der Waals surface area (Å²) < 4.78 is 4.93. The molecule has 0 bridgehead atoms. The summed E-state index contributed by atoms with van der Waals surface area (Å²) in [5.74, 6) is 0.181. The first-order valence-electron chi connectivity index (χ1n) is 2.41. The Morgan fingerprint density at radius 2 is 2.57 bits per heavy atom. The molecule has 0 aromatic carbocycles. The van der Waals surface area contributed by atoms with Gasteiger partial charge in [0.2, 0.25) is 0 Å². The smallest absolute Gasteiger partial charge is 0.0719 e. The van der Waals surface area contributed by atoms with Gasteiger partial charge in [0.05, 0.1) is 18.6 Å². The van der Waals surface area contributed by atoms with Crippen molar-refractivity contribution in [2.75, 3.05) is 13.2 Å². The second-order valence-corrected chi connectivity index (χ2v) is 1.69. The zero-order chi connectivity index (χ0) is 5.11. The predicted octanol–water partition coefficient (Wildman–Crippen LogP) is 0.546. The number of nitriles is 1. The maximum Gasteiger partial charge on any atom is 0.0719 e. The lowest BCUT2D eigenvalue weighted by Crippen LogP contribution is -1.91. The normalized spacial score (nSPS) is 29.9. The fourth-order valence-corrected chi connectivity index (χ4v) is 0.636.